The van der Waals surface area contributed by atoms with Gasteiger partial charge in [-0.2, -0.15) is 0 Å². The van der Waals surface area contributed by atoms with Gasteiger partial charge >= 0.3 is 0 Å². The van der Waals surface area contributed by atoms with E-state index in [2.05, 4.69) is 29.1 Å². The monoisotopic (exact) mass is 257 g/mol. The van der Waals surface area contributed by atoms with Crippen molar-refractivity contribution in [2.24, 2.45) is 5.92 Å². The van der Waals surface area contributed by atoms with Crippen molar-refractivity contribution >= 4 is 16.8 Å². The van der Waals surface area contributed by atoms with Crippen LogP contribution in [0.25, 0.3) is 10.9 Å². The molecule has 1 heterocycles. The van der Waals surface area contributed by atoms with Gasteiger partial charge in [-0.3, -0.25) is 4.79 Å². The topological polar surface area (TPSA) is 54.9 Å². The van der Waals surface area contributed by atoms with Crippen LogP contribution in [0, 0.1) is 12.8 Å². The minimum Gasteiger partial charge on any atom is -0.351 e. The minimum absolute atomic E-state index is 0.123. The number of aryl methyl sites for hydroxylation is 1. The SMILES string of the molecule is Cc1nc(C(=O)NCCC(C)C)c2ccccc2n1. The number of carbonyl (C=O) groups is 1. The number of nitrogens with zero attached hydrogens (tertiary/aromatic N) is 2. The van der Waals surface area contributed by atoms with Gasteiger partial charge in [0, 0.05) is 11.9 Å². The zero-order valence-corrected chi connectivity index (χ0v) is 11.6. The Morgan fingerprint density at radius 2 is 2.00 bits per heavy atom. The van der Waals surface area contributed by atoms with Crippen molar-refractivity contribution in [2.75, 3.05) is 6.54 Å². The van der Waals surface area contributed by atoms with Crippen LogP contribution in [0.5, 0.6) is 0 Å². The third-order valence-corrected chi connectivity index (χ3v) is 2.94. The number of hydrogen-bond donors (Lipinski definition) is 1. The first-order valence-corrected chi connectivity index (χ1v) is 6.59. The van der Waals surface area contributed by atoms with Gasteiger partial charge in [-0.1, -0.05) is 32.0 Å². The third kappa shape index (κ3) is 3.28. The van der Waals surface area contributed by atoms with E-state index in [1.54, 1.807) is 6.92 Å². The maximum atomic E-state index is 12.2. The smallest absolute Gasteiger partial charge is 0.270 e. The van der Waals surface area contributed by atoms with Crippen LogP contribution in [0.4, 0.5) is 0 Å². The number of hydrogen-bond acceptors (Lipinski definition) is 3. The lowest BCUT2D eigenvalue weighted by atomic mass is 10.1. The van der Waals surface area contributed by atoms with Crippen molar-refractivity contribution < 1.29 is 4.79 Å². The highest BCUT2D eigenvalue weighted by Gasteiger charge is 2.13. The predicted octanol–water partition coefficient (Wildman–Crippen LogP) is 2.71. The first-order chi connectivity index (χ1) is 9.08. The summed E-state index contributed by atoms with van der Waals surface area (Å²) in [4.78, 5) is 20.8. The van der Waals surface area contributed by atoms with Gasteiger partial charge in [0.2, 0.25) is 0 Å². The van der Waals surface area contributed by atoms with Crippen LogP contribution in [0.3, 0.4) is 0 Å². The molecule has 2 aromatic rings. The Hall–Kier alpha value is -1.97. The van der Waals surface area contributed by atoms with Crippen LogP contribution in [0.1, 0.15) is 36.6 Å². The van der Waals surface area contributed by atoms with E-state index < -0.39 is 0 Å². The summed E-state index contributed by atoms with van der Waals surface area (Å²) < 4.78 is 0. The number of aromatic nitrogens is 2. The molecular formula is C15H19N3O. The summed E-state index contributed by atoms with van der Waals surface area (Å²) in [7, 11) is 0. The summed E-state index contributed by atoms with van der Waals surface area (Å²) in [5.41, 5.74) is 1.27. The summed E-state index contributed by atoms with van der Waals surface area (Å²) in [6.45, 7) is 6.75. The van der Waals surface area contributed by atoms with Gasteiger partial charge in [-0.15, -0.1) is 0 Å². The largest absolute Gasteiger partial charge is 0.351 e. The maximum absolute atomic E-state index is 12.2. The molecule has 0 fully saturated rings. The van der Waals surface area contributed by atoms with E-state index in [9.17, 15) is 4.79 Å². The van der Waals surface area contributed by atoms with Crippen molar-refractivity contribution in [3.8, 4) is 0 Å². The molecule has 0 spiro atoms. The molecule has 19 heavy (non-hydrogen) atoms. The number of para-hydroxylation sites is 1. The van der Waals surface area contributed by atoms with E-state index in [1.165, 1.54) is 0 Å². The highest BCUT2D eigenvalue weighted by Crippen LogP contribution is 2.15. The molecule has 0 aliphatic heterocycles. The van der Waals surface area contributed by atoms with Crippen LogP contribution >= 0.6 is 0 Å². The first-order valence-electron chi connectivity index (χ1n) is 6.59. The molecule has 4 heteroatoms. The molecule has 0 unspecified atom stereocenters. The molecule has 100 valence electrons. The van der Waals surface area contributed by atoms with Crippen molar-refractivity contribution in [1.82, 2.24) is 15.3 Å². The quantitative estimate of drug-likeness (QED) is 0.916. The molecule has 0 aliphatic rings. The van der Waals surface area contributed by atoms with Crippen molar-refractivity contribution in [3.63, 3.8) is 0 Å². The normalized spacial score (nSPS) is 10.9. The molecule has 1 aromatic carbocycles. The van der Waals surface area contributed by atoms with Crippen molar-refractivity contribution in [3.05, 3.63) is 35.8 Å². The molecule has 1 amide bonds. The van der Waals surface area contributed by atoms with Gasteiger partial charge in [-0.05, 0) is 25.3 Å². The molecular weight excluding hydrogens is 238 g/mol. The molecule has 2 rings (SSSR count). The Kier molecular flexibility index (Phi) is 4.10. The predicted molar refractivity (Wildman–Crippen MR) is 76.1 cm³/mol. The van der Waals surface area contributed by atoms with Crippen molar-refractivity contribution in [2.45, 2.75) is 27.2 Å². The molecule has 0 aliphatic carbocycles. The zero-order valence-electron chi connectivity index (χ0n) is 11.6. The second-order valence-corrected chi connectivity index (χ2v) is 5.07. The summed E-state index contributed by atoms with van der Waals surface area (Å²) in [5.74, 6) is 1.07. The summed E-state index contributed by atoms with van der Waals surface area (Å²) in [6.07, 6.45) is 0.966. The van der Waals surface area contributed by atoms with Gasteiger partial charge < -0.3 is 5.32 Å². The van der Waals surface area contributed by atoms with Crippen molar-refractivity contribution in [1.29, 1.82) is 0 Å². The van der Waals surface area contributed by atoms with Gasteiger partial charge in [0.25, 0.3) is 5.91 Å². The number of carbonyl (C=O) groups excluding carboxylic acids is 1. The van der Waals surface area contributed by atoms with Gasteiger partial charge in [0.15, 0.2) is 0 Å². The molecule has 0 bridgehead atoms. The van der Waals surface area contributed by atoms with E-state index in [0.29, 0.717) is 24.0 Å². The van der Waals surface area contributed by atoms with E-state index in [0.717, 1.165) is 17.3 Å². The highest BCUT2D eigenvalue weighted by atomic mass is 16.1. The van der Waals surface area contributed by atoms with E-state index >= 15 is 0 Å². The molecule has 0 saturated carbocycles. The fraction of sp³-hybridized carbons (Fsp3) is 0.400. The Labute approximate surface area is 113 Å². The zero-order chi connectivity index (χ0) is 13.8. The Balaban J connectivity index is 2.26. The van der Waals surface area contributed by atoms with E-state index in [1.807, 2.05) is 24.3 Å². The molecule has 1 aromatic heterocycles. The first kappa shape index (κ1) is 13.5. The lowest BCUT2D eigenvalue weighted by Crippen LogP contribution is -2.26. The second kappa shape index (κ2) is 5.78. The Bertz CT molecular complexity index is 593. The molecule has 0 saturated heterocycles. The second-order valence-electron chi connectivity index (χ2n) is 5.07. The summed E-state index contributed by atoms with van der Waals surface area (Å²) in [6, 6.07) is 7.59. The maximum Gasteiger partial charge on any atom is 0.270 e. The number of fused-ring (bicyclic) bond motifs is 1. The molecule has 1 N–H and O–H groups in total. The average Bonchev–Trinajstić information content (AvgIpc) is 2.37. The number of amides is 1. The number of benzene rings is 1. The van der Waals surface area contributed by atoms with E-state index in [4.69, 9.17) is 0 Å². The number of nitrogens with one attached hydrogen (secondary N) is 1. The minimum atomic E-state index is -0.123. The molecule has 4 nitrogen and oxygen atoms in total. The van der Waals surface area contributed by atoms with Crippen LogP contribution < -0.4 is 5.32 Å². The summed E-state index contributed by atoms with van der Waals surface area (Å²) in [5, 5.41) is 3.72. The Morgan fingerprint density at radius 1 is 1.26 bits per heavy atom. The standard InChI is InChI=1S/C15H19N3O/c1-10(2)8-9-16-15(19)14-12-6-4-5-7-13(12)17-11(3)18-14/h4-7,10H,8-9H2,1-3H3,(H,16,19). The average molecular weight is 257 g/mol. The van der Waals surface area contributed by atoms with Crippen LogP contribution in [-0.4, -0.2) is 22.4 Å². The van der Waals surface area contributed by atoms with Crippen LogP contribution in [0.2, 0.25) is 0 Å². The fourth-order valence-electron chi connectivity index (χ4n) is 1.92. The van der Waals surface area contributed by atoms with Gasteiger partial charge in [0.1, 0.15) is 11.5 Å². The lowest BCUT2D eigenvalue weighted by Gasteiger charge is -2.09. The van der Waals surface area contributed by atoms with Gasteiger partial charge in [0.05, 0.1) is 5.52 Å². The summed E-state index contributed by atoms with van der Waals surface area (Å²) >= 11 is 0. The third-order valence-electron chi connectivity index (χ3n) is 2.94. The fourth-order valence-corrected chi connectivity index (χ4v) is 1.92. The molecule has 0 atom stereocenters. The Morgan fingerprint density at radius 3 is 2.74 bits per heavy atom. The highest BCUT2D eigenvalue weighted by molar-refractivity contribution is 6.04. The van der Waals surface area contributed by atoms with Crippen LogP contribution in [0.15, 0.2) is 24.3 Å². The van der Waals surface area contributed by atoms with E-state index in [-0.39, 0.29) is 5.91 Å². The molecule has 0 radical (unpaired) electrons. The van der Waals surface area contributed by atoms with Crippen LogP contribution in [-0.2, 0) is 0 Å². The number of rotatable bonds is 4. The lowest BCUT2D eigenvalue weighted by molar-refractivity contribution is 0.0948. The van der Waals surface area contributed by atoms with Gasteiger partial charge in [-0.25, -0.2) is 9.97 Å².